The zero-order chi connectivity index (χ0) is 13.2. The molecule has 18 heavy (non-hydrogen) atoms. The minimum absolute atomic E-state index is 0.181. The van der Waals surface area contributed by atoms with E-state index in [4.69, 9.17) is 11.6 Å². The van der Waals surface area contributed by atoms with Gasteiger partial charge in [0.05, 0.1) is 9.92 Å². The Morgan fingerprint density at radius 2 is 1.67 bits per heavy atom. The number of sulfone groups is 1. The zero-order valence-corrected chi connectivity index (χ0v) is 11.5. The SMILES string of the molecule is CS(=O)(=O)c1ccc(Cc2ccccc2)cc1Cl. The first-order chi connectivity index (χ1) is 8.47. The number of rotatable bonds is 3. The Labute approximate surface area is 112 Å². The molecule has 0 N–H and O–H groups in total. The van der Waals surface area contributed by atoms with Crippen LogP contribution in [0.4, 0.5) is 0 Å². The topological polar surface area (TPSA) is 34.1 Å². The van der Waals surface area contributed by atoms with Gasteiger partial charge in [0.2, 0.25) is 0 Å². The Kier molecular flexibility index (Phi) is 3.73. The second kappa shape index (κ2) is 5.12. The predicted octanol–water partition coefficient (Wildman–Crippen LogP) is 3.33. The Morgan fingerprint density at radius 3 is 2.22 bits per heavy atom. The maximum absolute atomic E-state index is 11.4. The van der Waals surface area contributed by atoms with Crippen molar-refractivity contribution in [3.05, 3.63) is 64.7 Å². The molecule has 0 saturated carbocycles. The summed E-state index contributed by atoms with van der Waals surface area (Å²) >= 11 is 6.00. The van der Waals surface area contributed by atoms with Crippen molar-refractivity contribution in [1.29, 1.82) is 0 Å². The van der Waals surface area contributed by atoms with Crippen molar-refractivity contribution < 1.29 is 8.42 Å². The fourth-order valence-corrected chi connectivity index (χ4v) is 3.14. The molecule has 0 atom stereocenters. The molecule has 2 aromatic carbocycles. The van der Waals surface area contributed by atoms with Crippen LogP contribution in [0, 0.1) is 0 Å². The highest BCUT2D eigenvalue weighted by Gasteiger charge is 2.12. The Morgan fingerprint density at radius 1 is 1.00 bits per heavy atom. The molecule has 0 heterocycles. The van der Waals surface area contributed by atoms with Crippen LogP contribution in [0.5, 0.6) is 0 Å². The maximum Gasteiger partial charge on any atom is 0.176 e. The fourth-order valence-electron chi connectivity index (χ4n) is 1.79. The highest BCUT2D eigenvalue weighted by atomic mass is 35.5. The molecule has 0 amide bonds. The van der Waals surface area contributed by atoms with Crippen LogP contribution in [0.25, 0.3) is 0 Å². The van der Waals surface area contributed by atoms with Crippen molar-refractivity contribution in [1.82, 2.24) is 0 Å². The molecule has 2 nitrogen and oxygen atoms in total. The van der Waals surface area contributed by atoms with Gasteiger partial charge >= 0.3 is 0 Å². The lowest BCUT2D eigenvalue weighted by Crippen LogP contribution is -1.99. The van der Waals surface area contributed by atoms with Gasteiger partial charge in [-0.15, -0.1) is 0 Å². The van der Waals surface area contributed by atoms with Gasteiger partial charge in [0.15, 0.2) is 9.84 Å². The van der Waals surface area contributed by atoms with E-state index in [9.17, 15) is 8.42 Å². The lowest BCUT2D eigenvalue weighted by molar-refractivity contribution is 0.602. The van der Waals surface area contributed by atoms with E-state index in [1.54, 1.807) is 18.2 Å². The summed E-state index contributed by atoms with van der Waals surface area (Å²) in [5.74, 6) is 0. The van der Waals surface area contributed by atoms with Crippen molar-refractivity contribution in [3.63, 3.8) is 0 Å². The molecule has 0 unspecified atom stereocenters. The van der Waals surface area contributed by atoms with Gasteiger partial charge in [0.1, 0.15) is 0 Å². The summed E-state index contributed by atoms with van der Waals surface area (Å²) in [6.45, 7) is 0. The molecule has 0 aliphatic heterocycles. The fraction of sp³-hybridized carbons (Fsp3) is 0.143. The second-order valence-electron chi connectivity index (χ2n) is 4.20. The lowest BCUT2D eigenvalue weighted by Gasteiger charge is -2.06. The van der Waals surface area contributed by atoms with Gasteiger partial charge in [-0.1, -0.05) is 48.0 Å². The third kappa shape index (κ3) is 3.12. The van der Waals surface area contributed by atoms with E-state index >= 15 is 0 Å². The van der Waals surface area contributed by atoms with Crippen LogP contribution in [0.1, 0.15) is 11.1 Å². The molecule has 0 radical (unpaired) electrons. The summed E-state index contributed by atoms with van der Waals surface area (Å²) in [4.78, 5) is 0.181. The first-order valence-electron chi connectivity index (χ1n) is 5.49. The smallest absolute Gasteiger partial charge is 0.176 e. The largest absolute Gasteiger partial charge is 0.224 e. The van der Waals surface area contributed by atoms with Crippen molar-refractivity contribution >= 4 is 21.4 Å². The molecule has 0 saturated heterocycles. The van der Waals surface area contributed by atoms with E-state index in [1.165, 1.54) is 5.56 Å². The summed E-state index contributed by atoms with van der Waals surface area (Å²) in [5.41, 5.74) is 2.17. The summed E-state index contributed by atoms with van der Waals surface area (Å²) in [6, 6.07) is 15.0. The summed E-state index contributed by atoms with van der Waals surface area (Å²) in [6.07, 6.45) is 1.90. The van der Waals surface area contributed by atoms with Crippen molar-refractivity contribution in [2.24, 2.45) is 0 Å². The first-order valence-corrected chi connectivity index (χ1v) is 7.76. The summed E-state index contributed by atoms with van der Waals surface area (Å²) in [7, 11) is -3.26. The van der Waals surface area contributed by atoms with Crippen LogP contribution in [0.2, 0.25) is 5.02 Å². The number of benzene rings is 2. The van der Waals surface area contributed by atoms with Gasteiger partial charge < -0.3 is 0 Å². The molecule has 94 valence electrons. The van der Waals surface area contributed by atoms with Gasteiger partial charge in [-0.2, -0.15) is 0 Å². The van der Waals surface area contributed by atoms with Crippen molar-refractivity contribution in [3.8, 4) is 0 Å². The molecule has 0 fully saturated rings. The Hall–Kier alpha value is -1.32. The predicted molar refractivity (Wildman–Crippen MR) is 73.8 cm³/mol. The zero-order valence-electron chi connectivity index (χ0n) is 9.93. The average molecular weight is 281 g/mol. The Balaban J connectivity index is 2.30. The molecule has 0 aliphatic rings. The second-order valence-corrected chi connectivity index (χ2v) is 6.59. The number of hydrogen-bond acceptors (Lipinski definition) is 2. The van der Waals surface area contributed by atoms with E-state index in [1.807, 2.05) is 30.3 Å². The molecule has 2 rings (SSSR count). The molecule has 0 spiro atoms. The molecule has 0 aromatic heterocycles. The van der Waals surface area contributed by atoms with E-state index in [0.29, 0.717) is 0 Å². The van der Waals surface area contributed by atoms with Crippen LogP contribution in [-0.4, -0.2) is 14.7 Å². The van der Waals surface area contributed by atoms with Gasteiger partial charge in [0.25, 0.3) is 0 Å². The summed E-state index contributed by atoms with van der Waals surface area (Å²) in [5, 5.41) is 0.283. The van der Waals surface area contributed by atoms with E-state index < -0.39 is 9.84 Å². The molecular formula is C14H13ClO2S. The third-order valence-electron chi connectivity index (χ3n) is 2.65. The normalized spacial score (nSPS) is 11.4. The van der Waals surface area contributed by atoms with E-state index in [0.717, 1.165) is 18.2 Å². The van der Waals surface area contributed by atoms with E-state index in [2.05, 4.69) is 0 Å². The molecule has 4 heteroatoms. The minimum Gasteiger partial charge on any atom is -0.224 e. The number of hydrogen-bond donors (Lipinski definition) is 0. The molecule has 2 aromatic rings. The van der Waals surface area contributed by atoms with Crippen LogP contribution >= 0.6 is 11.6 Å². The van der Waals surface area contributed by atoms with Crippen LogP contribution < -0.4 is 0 Å². The molecule has 0 aliphatic carbocycles. The first kappa shape index (κ1) is 13.1. The number of halogens is 1. The van der Waals surface area contributed by atoms with E-state index in [-0.39, 0.29) is 9.92 Å². The quantitative estimate of drug-likeness (QED) is 0.864. The van der Waals surface area contributed by atoms with Crippen molar-refractivity contribution in [2.45, 2.75) is 11.3 Å². The monoisotopic (exact) mass is 280 g/mol. The maximum atomic E-state index is 11.4. The highest BCUT2D eigenvalue weighted by Crippen LogP contribution is 2.23. The molecule has 0 bridgehead atoms. The van der Waals surface area contributed by atoms with Gasteiger partial charge in [-0.05, 0) is 29.7 Å². The van der Waals surface area contributed by atoms with Crippen molar-refractivity contribution in [2.75, 3.05) is 6.26 Å². The average Bonchev–Trinajstić information content (AvgIpc) is 2.28. The Bertz CT molecular complexity index is 649. The van der Waals surface area contributed by atoms with Gasteiger partial charge in [-0.25, -0.2) is 8.42 Å². The van der Waals surface area contributed by atoms with Crippen LogP contribution in [-0.2, 0) is 16.3 Å². The van der Waals surface area contributed by atoms with Gasteiger partial charge in [-0.3, -0.25) is 0 Å². The van der Waals surface area contributed by atoms with Crippen LogP contribution in [0.15, 0.2) is 53.4 Å². The molecular weight excluding hydrogens is 268 g/mol. The minimum atomic E-state index is -3.26. The lowest BCUT2D eigenvalue weighted by atomic mass is 10.1. The third-order valence-corrected chi connectivity index (χ3v) is 4.23. The van der Waals surface area contributed by atoms with Gasteiger partial charge in [0, 0.05) is 6.26 Å². The summed E-state index contributed by atoms with van der Waals surface area (Å²) < 4.78 is 22.9. The highest BCUT2D eigenvalue weighted by molar-refractivity contribution is 7.90. The van der Waals surface area contributed by atoms with Crippen LogP contribution in [0.3, 0.4) is 0 Å². The standard InChI is InChI=1S/C14H13ClO2S/c1-18(16,17)14-8-7-12(10-13(14)15)9-11-5-3-2-4-6-11/h2-8,10H,9H2,1H3.